The highest BCUT2D eigenvalue weighted by molar-refractivity contribution is 7.17. The van der Waals surface area contributed by atoms with Crippen LogP contribution in [0.15, 0.2) is 11.4 Å². The molecule has 0 aliphatic carbocycles. The number of hydrogen-bond donors (Lipinski definition) is 1. The summed E-state index contributed by atoms with van der Waals surface area (Å²) in [6.45, 7) is 1.54. The highest BCUT2D eigenvalue weighted by atomic mass is 32.1. The number of hydrogen-bond acceptors (Lipinski definition) is 3. The second kappa shape index (κ2) is 2.88. The van der Waals surface area contributed by atoms with E-state index in [-0.39, 0.29) is 5.78 Å². The number of aromatic amines is 1. The molecule has 13 heavy (non-hydrogen) atoms. The fraction of sp³-hybridized carbons (Fsp3) is 0.222. The topological polar surface area (TPSA) is 42.1 Å². The molecule has 0 aromatic carbocycles. The zero-order chi connectivity index (χ0) is 9.42. The third-order valence-electron chi connectivity index (χ3n) is 1.93. The molecule has 4 heteroatoms. The Morgan fingerprint density at radius 2 is 2.38 bits per heavy atom. The van der Waals surface area contributed by atoms with E-state index in [0.717, 1.165) is 16.0 Å². The van der Waals surface area contributed by atoms with Crippen molar-refractivity contribution in [1.82, 2.24) is 4.98 Å². The number of aromatic nitrogens is 1. The number of H-pyrrole nitrogens is 1. The Morgan fingerprint density at radius 1 is 1.62 bits per heavy atom. The minimum absolute atomic E-state index is 0.0467. The van der Waals surface area contributed by atoms with Crippen LogP contribution in [0.4, 0.5) is 0 Å². The van der Waals surface area contributed by atoms with E-state index in [1.54, 1.807) is 25.4 Å². The Labute approximate surface area is 79.3 Å². The average molecular weight is 195 g/mol. The summed E-state index contributed by atoms with van der Waals surface area (Å²) in [5.41, 5.74) is 0.639. The van der Waals surface area contributed by atoms with Gasteiger partial charge in [-0.25, -0.2) is 0 Å². The van der Waals surface area contributed by atoms with Crippen molar-refractivity contribution in [1.29, 1.82) is 0 Å². The first-order valence-electron chi connectivity index (χ1n) is 3.87. The van der Waals surface area contributed by atoms with Crippen LogP contribution in [0, 0.1) is 0 Å². The van der Waals surface area contributed by atoms with Gasteiger partial charge in [-0.05, 0) is 6.07 Å². The first-order valence-corrected chi connectivity index (χ1v) is 4.75. The molecule has 0 saturated heterocycles. The SMILES string of the molecule is COc1csc2[nH]c(C(C)=O)cc12. The zero-order valence-electron chi connectivity index (χ0n) is 7.38. The highest BCUT2D eigenvalue weighted by Crippen LogP contribution is 2.32. The van der Waals surface area contributed by atoms with Crippen LogP contribution in [0.3, 0.4) is 0 Å². The van der Waals surface area contributed by atoms with Gasteiger partial charge in [0.2, 0.25) is 0 Å². The molecule has 0 amide bonds. The molecular weight excluding hydrogens is 186 g/mol. The number of carbonyl (C=O) groups is 1. The lowest BCUT2D eigenvalue weighted by atomic mass is 10.3. The third kappa shape index (κ3) is 1.23. The number of Topliss-reactive ketones (excluding diaryl/α,β-unsaturated/α-hetero) is 1. The fourth-order valence-corrected chi connectivity index (χ4v) is 2.14. The predicted molar refractivity (Wildman–Crippen MR) is 52.7 cm³/mol. The number of carbonyl (C=O) groups excluding carboxylic acids is 1. The van der Waals surface area contributed by atoms with E-state index in [1.807, 2.05) is 11.4 Å². The van der Waals surface area contributed by atoms with Gasteiger partial charge in [0.1, 0.15) is 10.6 Å². The molecule has 2 rings (SSSR count). The van der Waals surface area contributed by atoms with Crippen molar-refractivity contribution in [3.63, 3.8) is 0 Å². The van der Waals surface area contributed by atoms with Gasteiger partial charge in [-0.15, -0.1) is 11.3 Å². The van der Waals surface area contributed by atoms with Gasteiger partial charge < -0.3 is 9.72 Å². The van der Waals surface area contributed by atoms with E-state index < -0.39 is 0 Å². The number of thiophene rings is 1. The van der Waals surface area contributed by atoms with Crippen LogP contribution in [0.25, 0.3) is 10.2 Å². The van der Waals surface area contributed by atoms with E-state index in [2.05, 4.69) is 4.98 Å². The molecule has 0 aliphatic heterocycles. The van der Waals surface area contributed by atoms with Crippen molar-refractivity contribution >= 4 is 27.3 Å². The number of rotatable bonds is 2. The molecule has 0 aliphatic rings. The lowest BCUT2D eigenvalue weighted by molar-refractivity contribution is 0.101. The average Bonchev–Trinajstić information content (AvgIpc) is 2.60. The van der Waals surface area contributed by atoms with Crippen LogP contribution < -0.4 is 4.74 Å². The summed E-state index contributed by atoms with van der Waals surface area (Å²) in [5.74, 6) is 0.870. The second-order valence-corrected chi connectivity index (χ2v) is 3.67. The molecule has 2 aromatic rings. The largest absolute Gasteiger partial charge is 0.495 e. The summed E-state index contributed by atoms with van der Waals surface area (Å²) < 4.78 is 5.14. The highest BCUT2D eigenvalue weighted by Gasteiger charge is 2.10. The number of ketones is 1. The minimum Gasteiger partial charge on any atom is -0.495 e. The van der Waals surface area contributed by atoms with E-state index in [1.165, 1.54) is 0 Å². The monoisotopic (exact) mass is 195 g/mol. The third-order valence-corrected chi connectivity index (χ3v) is 2.82. The van der Waals surface area contributed by atoms with Crippen LogP contribution in [-0.2, 0) is 0 Å². The summed E-state index contributed by atoms with van der Waals surface area (Å²) in [5, 5.41) is 2.91. The quantitative estimate of drug-likeness (QED) is 0.748. The van der Waals surface area contributed by atoms with Crippen molar-refractivity contribution in [3.05, 3.63) is 17.1 Å². The van der Waals surface area contributed by atoms with Crippen LogP contribution >= 0.6 is 11.3 Å². The van der Waals surface area contributed by atoms with E-state index in [0.29, 0.717) is 5.69 Å². The molecule has 68 valence electrons. The summed E-state index contributed by atoms with van der Waals surface area (Å²) in [7, 11) is 1.63. The summed E-state index contributed by atoms with van der Waals surface area (Å²) in [4.78, 5) is 15.1. The molecule has 0 unspecified atom stereocenters. The standard InChI is InChI=1S/C9H9NO2S/c1-5(11)7-3-6-8(12-2)4-13-9(6)10-7/h3-4,10H,1-2H3. The van der Waals surface area contributed by atoms with Crippen molar-refractivity contribution < 1.29 is 9.53 Å². The molecule has 0 spiro atoms. The molecule has 2 heterocycles. The predicted octanol–water partition coefficient (Wildman–Crippen LogP) is 2.44. The second-order valence-electron chi connectivity index (χ2n) is 2.79. The lowest BCUT2D eigenvalue weighted by Crippen LogP contribution is -1.89. The molecule has 0 bridgehead atoms. The van der Waals surface area contributed by atoms with Crippen molar-refractivity contribution in [3.8, 4) is 5.75 Å². The molecule has 0 fully saturated rings. The minimum atomic E-state index is 0.0467. The van der Waals surface area contributed by atoms with Gasteiger partial charge in [-0.3, -0.25) is 4.79 Å². The first-order chi connectivity index (χ1) is 6.22. The smallest absolute Gasteiger partial charge is 0.175 e. The van der Waals surface area contributed by atoms with E-state index in [9.17, 15) is 4.79 Å². The van der Waals surface area contributed by atoms with Crippen molar-refractivity contribution in [2.45, 2.75) is 6.92 Å². The molecule has 0 saturated carbocycles. The van der Waals surface area contributed by atoms with E-state index in [4.69, 9.17) is 4.74 Å². The maximum atomic E-state index is 11.0. The van der Waals surface area contributed by atoms with Gasteiger partial charge in [0.15, 0.2) is 5.78 Å². The maximum Gasteiger partial charge on any atom is 0.175 e. The van der Waals surface area contributed by atoms with Gasteiger partial charge in [0.25, 0.3) is 0 Å². The zero-order valence-corrected chi connectivity index (χ0v) is 8.20. The molecule has 3 nitrogen and oxygen atoms in total. The van der Waals surface area contributed by atoms with Crippen molar-refractivity contribution in [2.24, 2.45) is 0 Å². The van der Waals surface area contributed by atoms with Gasteiger partial charge in [0, 0.05) is 12.3 Å². The number of ether oxygens (including phenoxy) is 1. The lowest BCUT2D eigenvalue weighted by Gasteiger charge is -1.91. The Hall–Kier alpha value is -1.29. The molecule has 0 atom stereocenters. The van der Waals surface area contributed by atoms with Crippen LogP contribution in [0.1, 0.15) is 17.4 Å². The van der Waals surface area contributed by atoms with Gasteiger partial charge in [-0.2, -0.15) is 0 Å². The molecular formula is C9H9NO2S. The molecule has 1 N–H and O–H groups in total. The Morgan fingerprint density at radius 3 is 3.00 bits per heavy atom. The summed E-state index contributed by atoms with van der Waals surface area (Å²) in [6.07, 6.45) is 0. The summed E-state index contributed by atoms with van der Waals surface area (Å²) >= 11 is 1.54. The normalized spacial score (nSPS) is 10.6. The van der Waals surface area contributed by atoms with Crippen LogP contribution in [0.5, 0.6) is 5.75 Å². The number of fused-ring (bicyclic) bond motifs is 1. The number of nitrogens with one attached hydrogen (secondary N) is 1. The molecule has 0 radical (unpaired) electrons. The van der Waals surface area contributed by atoms with Gasteiger partial charge in [0.05, 0.1) is 18.2 Å². The first kappa shape index (κ1) is 8.31. The Balaban J connectivity index is 2.63. The number of methoxy groups -OCH3 is 1. The molecule has 2 aromatic heterocycles. The summed E-state index contributed by atoms with van der Waals surface area (Å²) in [6, 6.07) is 1.83. The Bertz CT molecular complexity index is 455. The van der Waals surface area contributed by atoms with Crippen molar-refractivity contribution in [2.75, 3.05) is 7.11 Å². The Kier molecular flexibility index (Phi) is 1.84. The fourth-order valence-electron chi connectivity index (χ4n) is 1.24. The van der Waals surface area contributed by atoms with Gasteiger partial charge >= 0.3 is 0 Å². The van der Waals surface area contributed by atoms with E-state index >= 15 is 0 Å². The maximum absolute atomic E-state index is 11.0. The van der Waals surface area contributed by atoms with Gasteiger partial charge in [-0.1, -0.05) is 0 Å². The van der Waals surface area contributed by atoms with Crippen LogP contribution in [0.2, 0.25) is 0 Å². The van der Waals surface area contributed by atoms with Crippen LogP contribution in [-0.4, -0.2) is 17.9 Å².